The summed E-state index contributed by atoms with van der Waals surface area (Å²) in [7, 11) is 0. The Balaban J connectivity index is 1.41. The summed E-state index contributed by atoms with van der Waals surface area (Å²) in [6.45, 7) is 5.64. The highest BCUT2D eigenvalue weighted by Crippen LogP contribution is 2.33. The van der Waals surface area contributed by atoms with Crippen molar-refractivity contribution >= 4 is 11.6 Å². The largest absolute Gasteiger partial charge is 0.337 e. The number of pyridine rings is 1. The predicted octanol–water partition coefficient (Wildman–Crippen LogP) is 2.34. The molecule has 4 aliphatic rings. The third-order valence-corrected chi connectivity index (χ3v) is 6.99. The van der Waals surface area contributed by atoms with E-state index in [1.54, 1.807) is 10.5 Å². The molecule has 0 radical (unpaired) electrons. The molecule has 4 fully saturated rings. The van der Waals surface area contributed by atoms with Crippen LogP contribution >= 0.6 is 0 Å². The van der Waals surface area contributed by atoms with Crippen LogP contribution in [0.4, 0.5) is 0 Å². The molecule has 0 spiro atoms. The Bertz CT molecular complexity index is 965. The summed E-state index contributed by atoms with van der Waals surface area (Å²) >= 11 is 0. The zero-order valence-electron chi connectivity index (χ0n) is 16.5. The van der Waals surface area contributed by atoms with E-state index in [4.69, 9.17) is 0 Å². The van der Waals surface area contributed by atoms with Gasteiger partial charge in [-0.25, -0.2) is 4.98 Å². The monoisotopic (exact) mass is 380 g/mol. The fourth-order valence-corrected chi connectivity index (χ4v) is 5.17. The van der Waals surface area contributed by atoms with Gasteiger partial charge in [-0.2, -0.15) is 0 Å². The first-order chi connectivity index (χ1) is 13.6. The summed E-state index contributed by atoms with van der Waals surface area (Å²) in [5, 5.41) is 0. The smallest absolute Gasteiger partial charge is 0.270 e. The number of hydrogen-bond donors (Lipinski definition) is 0. The highest BCUT2D eigenvalue weighted by molar-refractivity contribution is 5.94. The molecule has 3 saturated heterocycles. The molecule has 5 heterocycles. The highest BCUT2D eigenvalue weighted by atomic mass is 16.2. The van der Waals surface area contributed by atoms with Gasteiger partial charge in [-0.05, 0) is 56.6 Å². The van der Waals surface area contributed by atoms with Gasteiger partial charge in [0.25, 0.3) is 11.5 Å². The number of carbonyl (C=O) groups is 1. The SMILES string of the molecule is Cc1cccc2ncc(C(=O)N3C[C@H]4CC[C@@H](C3)N(CC3CCC3)C4)c(=O)n12. The minimum absolute atomic E-state index is 0.155. The van der Waals surface area contributed by atoms with Crippen molar-refractivity contribution in [2.45, 2.75) is 45.1 Å². The van der Waals surface area contributed by atoms with Crippen LogP contribution in [0.3, 0.4) is 0 Å². The van der Waals surface area contributed by atoms with Crippen LogP contribution in [0.25, 0.3) is 5.65 Å². The van der Waals surface area contributed by atoms with Gasteiger partial charge in [0, 0.05) is 44.1 Å². The average Bonchev–Trinajstić information content (AvgIpc) is 2.96. The topological polar surface area (TPSA) is 57.9 Å². The van der Waals surface area contributed by atoms with E-state index in [0.29, 0.717) is 17.6 Å². The number of nitrogens with zero attached hydrogens (tertiary/aromatic N) is 4. The second kappa shape index (κ2) is 6.99. The van der Waals surface area contributed by atoms with Gasteiger partial charge in [0.2, 0.25) is 0 Å². The van der Waals surface area contributed by atoms with Crippen LogP contribution < -0.4 is 5.56 Å². The lowest BCUT2D eigenvalue weighted by molar-refractivity contribution is 0.0715. The Kier molecular flexibility index (Phi) is 4.46. The maximum absolute atomic E-state index is 13.3. The minimum Gasteiger partial charge on any atom is -0.337 e. The highest BCUT2D eigenvalue weighted by Gasteiger charge is 2.38. The summed E-state index contributed by atoms with van der Waals surface area (Å²) in [6, 6.07) is 5.98. The number of fused-ring (bicyclic) bond motifs is 5. The number of amides is 1. The molecule has 2 bridgehead atoms. The average molecular weight is 380 g/mol. The molecule has 3 aliphatic heterocycles. The Labute approximate surface area is 165 Å². The van der Waals surface area contributed by atoms with Crippen LogP contribution in [0.5, 0.6) is 0 Å². The Morgan fingerprint density at radius 1 is 1.14 bits per heavy atom. The van der Waals surface area contributed by atoms with E-state index in [0.717, 1.165) is 37.7 Å². The van der Waals surface area contributed by atoms with E-state index in [1.807, 2.05) is 24.0 Å². The third kappa shape index (κ3) is 3.04. The van der Waals surface area contributed by atoms with Crippen molar-refractivity contribution in [1.82, 2.24) is 19.2 Å². The van der Waals surface area contributed by atoms with Crippen LogP contribution in [-0.4, -0.2) is 57.3 Å². The molecule has 148 valence electrons. The van der Waals surface area contributed by atoms with Crippen LogP contribution in [-0.2, 0) is 0 Å². The molecule has 0 unspecified atom stereocenters. The molecule has 1 amide bonds. The van der Waals surface area contributed by atoms with E-state index in [1.165, 1.54) is 38.4 Å². The Morgan fingerprint density at radius 3 is 2.79 bits per heavy atom. The molecule has 6 rings (SSSR count). The van der Waals surface area contributed by atoms with E-state index < -0.39 is 0 Å². The van der Waals surface area contributed by atoms with Crippen LogP contribution in [0.15, 0.2) is 29.2 Å². The number of piperidine rings is 1. The molecule has 0 aromatic carbocycles. The van der Waals surface area contributed by atoms with Crippen LogP contribution in [0, 0.1) is 18.8 Å². The van der Waals surface area contributed by atoms with E-state index >= 15 is 0 Å². The summed E-state index contributed by atoms with van der Waals surface area (Å²) < 4.78 is 1.54. The van der Waals surface area contributed by atoms with Gasteiger partial charge in [0.05, 0.1) is 0 Å². The lowest BCUT2D eigenvalue weighted by Gasteiger charge is -2.40. The first-order valence-corrected chi connectivity index (χ1v) is 10.6. The summed E-state index contributed by atoms with van der Waals surface area (Å²) in [5.74, 6) is 1.21. The van der Waals surface area contributed by atoms with Crippen molar-refractivity contribution in [2.75, 3.05) is 26.2 Å². The van der Waals surface area contributed by atoms with Gasteiger partial charge in [0.1, 0.15) is 11.2 Å². The molecule has 1 aliphatic carbocycles. The van der Waals surface area contributed by atoms with Gasteiger partial charge in [0.15, 0.2) is 0 Å². The number of carbonyl (C=O) groups excluding carboxylic acids is 1. The van der Waals surface area contributed by atoms with Gasteiger partial charge >= 0.3 is 0 Å². The van der Waals surface area contributed by atoms with Gasteiger partial charge < -0.3 is 4.90 Å². The second-order valence-electron chi connectivity index (χ2n) is 8.90. The molecule has 0 N–H and O–H groups in total. The second-order valence-corrected chi connectivity index (χ2v) is 8.90. The molecule has 6 nitrogen and oxygen atoms in total. The standard InChI is InChI=1S/C22H28N4O2/c1-15-4-2-7-20-23-10-19(22(28)26(15)20)21(27)25-13-17-8-9-18(14-25)24(12-17)11-16-5-3-6-16/h2,4,7,10,16-18H,3,5-6,8-9,11-14H2,1H3/t17-,18-/m0/s1. The van der Waals surface area contributed by atoms with Crippen molar-refractivity contribution in [3.8, 4) is 0 Å². The zero-order chi connectivity index (χ0) is 19.3. The van der Waals surface area contributed by atoms with Crippen LogP contribution in [0.2, 0.25) is 0 Å². The lowest BCUT2D eigenvalue weighted by atomic mass is 9.83. The fourth-order valence-electron chi connectivity index (χ4n) is 5.17. The van der Waals surface area contributed by atoms with Crippen molar-refractivity contribution in [2.24, 2.45) is 11.8 Å². The van der Waals surface area contributed by atoms with Crippen molar-refractivity contribution in [3.05, 3.63) is 46.0 Å². The molecule has 2 aromatic heterocycles. The van der Waals surface area contributed by atoms with Crippen molar-refractivity contribution < 1.29 is 4.79 Å². The van der Waals surface area contributed by atoms with Gasteiger partial charge in [-0.15, -0.1) is 0 Å². The van der Waals surface area contributed by atoms with E-state index in [-0.39, 0.29) is 17.0 Å². The first-order valence-electron chi connectivity index (χ1n) is 10.6. The quantitative estimate of drug-likeness (QED) is 0.820. The number of aromatic nitrogens is 2. The maximum Gasteiger partial charge on any atom is 0.270 e. The molecule has 6 heteroatoms. The van der Waals surface area contributed by atoms with E-state index in [2.05, 4.69) is 9.88 Å². The summed E-state index contributed by atoms with van der Waals surface area (Å²) in [5.41, 5.74) is 1.33. The van der Waals surface area contributed by atoms with Gasteiger partial charge in [-0.1, -0.05) is 12.5 Å². The molecule has 1 saturated carbocycles. The number of rotatable bonds is 3. The van der Waals surface area contributed by atoms with Crippen molar-refractivity contribution in [1.29, 1.82) is 0 Å². The molecule has 28 heavy (non-hydrogen) atoms. The fraction of sp³-hybridized carbons (Fsp3) is 0.591. The number of aryl methyl sites for hydroxylation is 1. The molecule has 2 aromatic rings. The number of hydrogen-bond acceptors (Lipinski definition) is 4. The Hall–Kier alpha value is -2.21. The Morgan fingerprint density at radius 2 is 2.00 bits per heavy atom. The summed E-state index contributed by atoms with van der Waals surface area (Å²) in [4.78, 5) is 35.2. The zero-order valence-corrected chi connectivity index (χ0v) is 16.5. The van der Waals surface area contributed by atoms with Crippen LogP contribution in [0.1, 0.15) is 48.2 Å². The molecular formula is C22H28N4O2. The first kappa shape index (κ1) is 17.9. The van der Waals surface area contributed by atoms with Crippen molar-refractivity contribution in [3.63, 3.8) is 0 Å². The third-order valence-electron chi connectivity index (χ3n) is 6.99. The predicted molar refractivity (Wildman–Crippen MR) is 108 cm³/mol. The molecule has 2 atom stereocenters. The minimum atomic E-state index is -0.254. The van der Waals surface area contributed by atoms with E-state index in [9.17, 15) is 9.59 Å². The van der Waals surface area contributed by atoms with Gasteiger partial charge in [-0.3, -0.25) is 18.9 Å². The molecular weight excluding hydrogens is 352 g/mol. The maximum atomic E-state index is 13.3. The normalized spacial score (nSPS) is 25.7. The summed E-state index contributed by atoms with van der Waals surface area (Å²) in [6.07, 6.45) is 7.90. The lowest BCUT2D eigenvalue weighted by Crippen LogP contribution is -2.47.